The molecule has 5 heteroatoms. The van der Waals surface area contributed by atoms with E-state index in [-0.39, 0.29) is 6.42 Å². The number of carbonyl (C=O) groups excluding carboxylic acids is 1. The third-order valence-electron chi connectivity index (χ3n) is 1.86. The van der Waals surface area contributed by atoms with E-state index in [4.69, 9.17) is 10.2 Å². The molecule has 0 aliphatic carbocycles. The lowest BCUT2D eigenvalue weighted by Crippen LogP contribution is -2.13. The van der Waals surface area contributed by atoms with Gasteiger partial charge in [0, 0.05) is 0 Å². The van der Waals surface area contributed by atoms with Crippen LogP contribution in [0.25, 0.3) is 11.1 Å². The second-order valence-corrected chi connectivity index (χ2v) is 2.99. The maximum Gasteiger partial charge on any atom is 0.417 e. The molecule has 1 aromatic carbocycles. The van der Waals surface area contributed by atoms with Gasteiger partial charge in [-0.3, -0.25) is 9.78 Å². The molecule has 1 amide bonds. The Bertz CT molecular complexity index is 538. The quantitative estimate of drug-likeness (QED) is 0.709. The first-order valence-electron chi connectivity index (χ1n) is 4.05. The van der Waals surface area contributed by atoms with Gasteiger partial charge in [0.15, 0.2) is 5.58 Å². The molecule has 0 bridgehead atoms. The molecule has 0 atom stereocenters. The normalized spacial score (nSPS) is 10.6. The summed E-state index contributed by atoms with van der Waals surface area (Å²) in [5, 5.41) is 0. The predicted octanol–water partition coefficient (Wildman–Crippen LogP) is 0.149. The number of carbonyl (C=O) groups is 1. The third-order valence-corrected chi connectivity index (χ3v) is 1.86. The lowest BCUT2D eigenvalue weighted by molar-refractivity contribution is -0.117. The molecule has 0 fully saturated rings. The average molecular weight is 192 g/mol. The largest absolute Gasteiger partial charge is 0.417 e. The van der Waals surface area contributed by atoms with Crippen molar-refractivity contribution in [1.82, 2.24) is 4.98 Å². The average Bonchev–Trinajstić information content (AvgIpc) is 2.42. The van der Waals surface area contributed by atoms with Crippen molar-refractivity contribution in [3.8, 4) is 0 Å². The minimum absolute atomic E-state index is 0.144. The van der Waals surface area contributed by atoms with Crippen LogP contribution in [0, 0.1) is 0 Å². The van der Waals surface area contributed by atoms with E-state index < -0.39 is 11.7 Å². The fraction of sp³-hybridized carbons (Fsp3) is 0.111. The van der Waals surface area contributed by atoms with Crippen LogP contribution < -0.4 is 11.5 Å². The number of oxazole rings is 1. The lowest BCUT2D eigenvalue weighted by atomic mass is 10.1. The smallest absolute Gasteiger partial charge is 0.408 e. The highest BCUT2D eigenvalue weighted by molar-refractivity contribution is 5.79. The van der Waals surface area contributed by atoms with Gasteiger partial charge in [-0.25, -0.2) is 4.79 Å². The van der Waals surface area contributed by atoms with E-state index in [1.807, 2.05) is 0 Å². The van der Waals surface area contributed by atoms with Gasteiger partial charge >= 0.3 is 5.76 Å². The van der Waals surface area contributed by atoms with Gasteiger partial charge in [-0.05, 0) is 17.7 Å². The molecule has 1 heterocycles. The van der Waals surface area contributed by atoms with Gasteiger partial charge in [-0.1, -0.05) is 6.07 Å². The van der Waals surface area contributed by atoms with Crippen molar-refractivity contribution < 1.29 is 9.21 Å². The summed E-state index contributed by atoms with van der Waals surface area (Å²) in [6.07, 6.45) is 0.144. The van der Waals surface area contributed by atoms with Gasteiger partial charge in [-0.15, -0.1) is 0 Å². The zero-order valence-electron chi connectivity index (χ0n) is 7.24. The van der Waals surface area contributed by atoms with Crippen LogP contribution >= 0.6 is 0 Å². The summed E-state index contributed by atoms with van der Waals surface area (Å²) >= 11 is 0. The Labute approximate surface area is 78.5 Å². The van der Waals surface area contributed by atoms with Crippen LogP contribution in [0.3, 0.4) is 0 Å². The van der Waals surface area contributed by atoms with Crippen molar-refractivity contribution in [3.63, 3.8) is 0 Å². The van der Waals surface area contributed by atoms with Crippen molar-refractivity contribution in [2.75, 3.05) is 0 Å². The van der Waals surface area contributed by atoms with Gasteiger partial charge in [0.2, 0.25) is 5.91 Å². The Kier molecular flexibility index (Phi) is 1.85. The first-order chi connectivity index (χ1) is 6.65. The fourth-order valence-electron chi connectivity index (χ4n) is 1.30. The van der Waals surface area contributed by atoms with Gasteiger partial charge in [0.05, 0.1) is 11.9 Å². The van der Waals surface area contributed by atoms with Crippen molar-refractivity contribution >= 4 is 17.0 Å². The molecule has 72 valence electrons. The number of rotatable bonds is 2. The van der Waals surface area contributed by atoms with E-state index in [0.29, 0.717) is 11.1 Å². The molecule has 0 spiro atoms. The molecular weight excluding hydrogens is 184 g/mol. The molecule has 3 N–H and O–H groups in total. The number of hydrogen-bond acceptors (Lipinski definition) is 3. The number of aromatic amines is 1. The van der Waals surface area contributed by atoms with Crippen molar-refractivity contribution in [2.24, 2.45) is 5.73 Å². The first kappa shape index (κ1) is 8.55. The van der Waals surface area contributed by atoms with Gasteiger partial charge in [0.25, 0.3) is 0 Å². The van der Waals surface area contributed by atoms with Gasteiger partial charge in [0.1, 0.15) is 0 Å². The van der Waals surface area contributed by atoms with Crippen molar-refractivity contribution in [2.45, 2.75) is 6.42 Å². The van der Waals surface area contributed by atoms with Crippen molar-refractivity contribution in [1.29, 1.82) is 0 Å². The van der Waals surface area contributed by atoms with Crippen LogP contribution in [-0.2, 0) is 11.2 Å². The van der Waals surface area contributed by atoms with E-state index in [1.165, 1.54) is 0 Å². The number of fused-ring (bicyclic) bond motifs is 1. The number of nitrogens with one attached hydrogen (secondary N) is 1. The summed E-state index contributed by atoms with van der Waals surface area (Å²) in [6, 6.07) is 5.02. The van der Waals surface area contributed by atoms with E-state index in [9.17, 15) is 9.59 Å². The molecule has 2 aromatic rings. The summed E-state index contributed by atoms with van der Waals surface area (Å²) < 4.78 is 4.83. The highest BCUT2D eigenvalue weighted by Crippen LogP contribution is 2.12. The Hall–Kier alpha value is -2.04. The Morgan fingerprint density at radius 3 is 3.00 bits per heavy atom. The number of benzene rings is 1. The highest BCUT2D eigenvalue weighted by atomic mass is 16.4. The van der Waals surface area contributed by atoms with Crippen LogP contribution in [0.1, 0.15) is 5.56 Å². The molecule has 0 saturated carbocycles. The molecule has 0 aliphatic rings. The van der Waals surface area contributed by atoms with E-state index in [1.54, 1.807) is 18.2 Å². The van der Waals surface area contributed by atoms with Crippen LogP contribution in [-0.4, -0.2) is 10.9 Å². The van der Waals surface area contributed by atoms with E-state index in [2.05, 4.69) is 4.98 Å². The van der Waals surface area contributed by atoms with E-state index >= 15 is 0 Å². The molecule has 5 nitrogen and oxygen atoms in total. The Balaban J connectivity index is 2.50. The number of hydrogen-bond donors (Lipinski definition) is 2. The maximum absolute atomic E-state index is 10.8. The summed E-state index contributed by atoms with van der Waals surface area (Å²) in [6.45, 7) is 0. The Morgan fingerprint density at radius 1 is 1.50 bits per heavy atom. The first-order valence-corrected chi connectivity index (χ1v) is 4.05. The summed E-state index contributed by atoms with van der Waals surface area (Å²) in [5.74, 6) is -0.918. The molecule has 0 unspecified atom stereocenters. The predicted molar refractivity (Wildman–Crippen MR) is 49.7 cm³/mol. The summed E-state index contributed by atoms with van der Waals surface area (Å²) in [5.41, 5.74) is 6.82. The summed E-state index contributed by atoms with van der Waals surface area (Å²) in [7, 11) is 0. The molecular formula is C9H8N2O3. The topological polar surface area (TPSA) is 89.1 Å². The van der Waals surface area contributed by atoms with Crippen LogP contribution in [0.15, 0.2) is 27.4 Å². The molecule has 2 rings (SSSR count). The number of primary amides is 1. The Morgan fingerprint density at radius 2 is 2.29 bits per heavy atom. The maximum atomic E-state index is 10.8. The molecule has 14 heavy (non-hydrogen) atoms. The van der Waals surface area contributed by atoms with Crippen LogP contribution in [0.5, 0.6) is 0 Å². The van der Waals surface area contributed by atoms with Crippen LogP contribution in [0.2, 0.25) is 0 Å². The monoisotopic (exact) mass is 192 g/mol. The third kappa shape index (κ3) is 1.52. The van der Waals surface area contributed by atoms with E-state index in [0.717, 1.165) is 5.56 Å². The fourth-order valence-corrected chi connectivity index (χ4v) is 1.30. The second-order valence-electron chi connectivity index (χ2n) is 2.99. The standard InChI is InChI=1S/C9H8N2O3/c10-8(12)4-5-1-2-6-7(3-5)14-9(13)11-6/h1-3H,4H2,(H2,10,12)(H,11,13). The zero-order valence-corrected chi connectivity index (χ0v) is 7.24. The van der Waals surface area contributed by atoms with Crippen molar-refractivity contribution in [3.05, 3.63) is 34.3 Å². The SMILES string of the molecule is NC(=O)Cc1ccc2[nH]c(=O)oc2c1. The summed E-state index contributed by atoms with van der Waals surface area (Å²) in [4.78, 5) is 23.9. The molecule has 0 radical (unpaired) electrons. The second kappa shape index (κ2) is 3.02. The van der Waals surface area contributed by atoms with Gasteiger partial charge in [-0.2, -0.15) is 0 Å². The van der Waals surface area contributed by atoms with Gasteiger partial charge < -0.3 is 10.2 Å². The number of aromatic nitrogens is 1. The number of H-pyrrole nitrogens is 1. The molecule has 0 aliphatic heterocycles. The minimum atomic E-state index is -0.503. The zero-order chi connectivity index (χ0) is 10.1. The minimum Gasteiger partial charge on any atom is -0.408 e. The highest BCUT2D eigenvalue weighted by Gasteiger charge is 2.03. The molecule has 1 aromatic heterocycles. The molecule has 0 saturated heterocycles. The van der Waals surface area contributed by atoms with Crippen LogP contribution in [0.4, 0.5) is 0 Å². The lowest BCUT2D eigenvalue weighted by Gasteiger charge is -1.95. The number of amides is 1. The number of nitrogens with two attached hydrogens (primary N) is 1.